The number of hydrogen-bond donors (Lipinski definition) is 1. The zero-order chi connectivity index (χ0) is 41.5. The molecule has 0 fully saturated rings. The van der Waals surface area contributed by atoms with E-state index in [0.29, 0.717) is 76.9 Å². The Bertz CT molecular complexity index is 1960. The number of benzene rings is 2. The number of carbonyl (C=O) groups excluding carboxylic acids is 2. The van der Waals surface area contributed by atoms with Gasteiger partial charge in [0.25, 0.3) is 0 Å². The van der Waals surface area contributed by atoms with E-state index in [4.69, 9.17) is 45.0 Å². The molecule has 1 aliphatic rings. The maximum absolute atomic E-state index is 13.5. The number of aliphatic imine (C=N–C) groups is 1. The molecule has 1 atom stereocenters. The van der Waals surface area contributed by atoms with Crippen LogP contribution in [-0.2, 0) is 44.4 Å². The minimum Gasteiger partial charge on any atom is -0.460 e. The van der Waals surface area contributed by atoms with Crippen LogP contribution in [-0.4, -0.2) is 104 Å². The second-order valence-corrected chi connectivity index (χ2v) is 16.5. The SMILES string of the molecule is Cc1sc2c(c1C)C(c1ccc(Cl)cc1)=N[C@@H](CC(=O)Nc1ccc(CCCOCCOCCOCCOCCOCCC(=O)OC(C)(C)C)cc1)c1nnc(C)n1-2. The lowest BCUT2D eigenvalue weighted by Gasteiger charge is -2.19. The molecule has 5 rings (SSSR count). The van der Waals surface area contributed by atoms with Crippen molar-refractivity contribution in [2.45, 2.75) is 78.9 Å². The van der Waals surface area contributed by atoms with Crippen LogP contribution in [0.4, 0.5) is 5.69 Å². The average Bonchev–Trinajstić information content (AvgIpc) is 3.66. The summed E-state index contributed by atoms with van der Waals surface area (Å²) in [7, 11) is 0. The maximum Gasteiger partial charge on any atom is 0.308 e. The highest BCUT2D eigenvalue weighted by atomic mass is 35.5. The standard InChI is InChI=1S/C43H56ClN5O8S/c1-29-30(2)58-42-39(29)40(33-11-13-34(44)14-12-33)46-36(41-48-47-31(3)49(41)42)28-37(50)45-35-15-9-32(10-16-35)8-7-18-52-20-22-54-24-26-56-27-25-55-23-21-53-19-17-38(51)57-43(4,5)6/h9-16,36H,7-8,17-28H2,1-6H3,(H,45,50)/t36-/m0/s1. The van der Waals surface area contributed by atoms with Crippen LogP contribution in [0.3, 0.4) is 0 Å². The van der Waals surface area contributed by atoms with Gasteiger partial charge in [-0.2, -0.15) is 0 Å². The van der Waals surface area contributed by atoms with Crippen molar-refractivity contribution >= 4 is 46.2 Å². The van der Waals surface area contributed by atoms with E-state index >= 15 is 0 Å². The van der Waals surface area contributed by atoms with Crippen LogP contribution in [0.5, 0.6) is 0 Å². The van der Waals surface area contributed by atoms with Gasteiger partial charge in [-0.05, 0) is 89.8 Å². The molecule has 1 amide bonds. The van der Waals surface area contributed by atoms with E-state index in [-0.39, 0.29) is 24.7 Å². The van der Waals surface area contributed by atoms with Crippen LogP contribution in [0.1, 0.15) is 84.9 Å². The molecule has 0 saturated heterocycles. The van der Waals surface area contributed by atoms with E-state index in [2.05, 4.69) is 29.4 Å². The van der Waals surface area contributed by atoms with Crippen molar-refractivity contribution in [3.8, 4) is 5.00 Å². The number of amides is 1. The molecule has 15 heteroatoms. The Morgan fingerprint density at radius 2 is 1.38 bits per heavy atom. The van der Waals surface area contributed by atoms with Crippen molar-refractivity contribution < 1.29 is 38.0 Å². The fourth-order valence-electron chi connectivity index (χ4n) is 6.18. The highest BCUT2D eigenvalue weighted by Gasteiger charge is 2.32. The Morgan fingerprint density at radius 1 is 0.793 bits per heavy atom. The summed E-state index contributed by atoms with van der Waals surface area (Å²) >= 11 is 7.92. The first-order chi connectivity index (χ1) is 27.9. The lowest BCUT2D eigenvalue weighted by atomic mass is 9.99. The van der Waals surface area contributed by atoms with Crippen molar-refractivity contribution in [3.63, 3.8) is 0 Å². The second kappa shape index (κ2) is 22.4. The largest absolute Gasteiger partial charge is 0.460 e. The first-order valence-electron chi connectivity index (χ1n) is 19.8. The van der Waals surface area contributed by atoms with Gasteiger partial charge >= 0.3 is 5.97 Å². The Balaban J connectivity index is 0.947. The molecular weight excluding hydrogens is 782 g/mol. The Kier molecular flexibility index (Phi) is 17.4. The molecular formula is C43H56ClN5O8S. The highest BCUT2D eigenvalue weighted by molar-refractivity contribution is 7.15. The number of esters is 1. The minimum atomic E-state index is -0.544. The number of ether oxygens (including phenoxy) is 6. The van der Waals surface area contributed by atoms with Crippen molar-refractivity contribution in [2.75, 3.05) is 71.4 Å². The predicted octanol–water partition coefficient (Wildman–Crippen LogP) is 7.58. The van der Waals surface area contributed by atoms with Gasteiger partial charge in [-0.25, -0.2) is 0 Å². The molecule has 1 aliphatic heterocycles. The summed E-state index contributed by atoms with van der Waals surface area (Å²) in [5, 5.41) is 13.6. The van der Waals surface area contributed by atoms with Gasteiger partial charge in [-0.3, -0.25) is 19.1 Å². The Morgan fingerprint density at radius 3 is 1.98 bits per heavy atom. The second-order valence-electron chi connectivity index (χ2n) is 14.9. The van der Waals surface area contributed by atoms with Gasteiger partial charge < -0.3 is 33.7 Å². The number of aryl methyl sites for hydroxylation is 3. The first-order valence-corrected chi connectivity index (χ1v) is 20.9. The zero-order valence-electron chi connectivity index (χ0n) is 34.4. The van der Waals surface area contributed by atoms with Gasteiger partial charge in [0.15, 0.2) is 5.82 Å². The number of rotatable bonds is 23. The van der Waals surface area contributed by atoms with Crippen molar-refractivity contribution in [1.82, 2.24) is 14.8 Å². The van der Waals surface area contributed by atoms with Crippen LogP contribution in [0, 0.1) is 20.8 Å². The summed E-state index contributed by atoms with van der Waals surface area (Å²) < 4.78 is 35.0. The number of anilines is 1. The fourth-order valence-corrected chi connectivity index (χ4v) is 7.52. The van der Waals surface area contributed by atoms with Crippen molar-refractivity contribution in [3.05, 3.63) is 92.3 Å². The summed E-state index contributed by atoms with van der Waals surface area (Å²) in [4.78, 5) is 31.5. The van der Waals surface area contributed by atoms with E-state index in [1.807, 2.05) is 80.8 Å². The molecule has 13 nitrogen and oxygen atoms in total. The molecule has 1 N–H and O–H groups in total. The van der Waals surface area contributed by atoms with Crippen LogP contribution >= 0.6 is 22.9 Å². The number of carbonyl (C=O) groups is 2. The number of nitrogens with zero attached hydrogens (tertiary/aromatic N) is 4. The number of halogens is 1. The van der Waals surface area contributed by atoms with E-state index in [0.717, 1.165) is 57.3 Å². The normalized spacial score (nSPS) is 13.8. The summed E-state index contributed by atoms with van der Waals surface area (Å²) in [6.45, 7) is 16.3. The smallest absolute Gasteiger partial charge is 0.308 e. The number of thiophene rings is 1. The van der Waals surface area contributed by atoms with E-state index in [9.17, 15) is 9.59 Å². The van der Waals surface area contributed by atoms with E-state index in [1.165, 1.54) is 4.88 Å². The molecule has 0 aliphatic carbocycles. The van der Waals surface area contributed by atoms with E-state index < -0.39 is 11.6 Å². The third kappa shape index (κ3) is 13.8. The molecule has 0 bridgehead atoms. The maximum atomic E-state index is 13.5. The van der Waals surface area contributed by atoms with Crippen molar-refractivity contribution in [1.29, 1.82) is 0 Å². The van der Waals surface area contributed by atoms with Gasteiger partial charge in [0.1, 0.15) is 22.5 Å². The summed E-state index contributed by atoms with van der Waals surface area (Å²) in [5.41, 5.74) is 5.31. The molecule has 58 heavy (non-hydrogen) atoms. The molecule has 4 aromatic rings. The van der Waals surface area contributed by atoms with Gasteiger partial charge in [0, 0.05) is 33.3 Å². The van der Waals surface area contributed by atoms with Gasteiger partial charge in [0.05, 0.1) is 78.0 Å². The Labute approximate surface area is 350 Å². The van der Waals surface area contributed by atoms with Gasteiger partial charge in [0.2, 0.25) is 5.91 Å². The molecule has 0 saturated carbocycles. The van der Waals surface area contributed by atoms with E-state index in [1.54, 1.807) is 11.3 Å². The fraction of sp³-hybridized carbons (Fsp3) is 0.512. The Hall–Kier alpha value is -4.02. The third-order valence-electron chi connectivity index (χ3n) is 9.09. The summed E-state index contributed by atoms with van der Waals surface area (Å²) in [6, 6.07) is 15.0. The van der Waals surface area contributed by atoms with Crippen LogP contribution in [0.25, 0.3) is 5.00 Å². The molecule has 0 radical (unpaired) electrons. The third-order valence-corrected chi connectivity index (χ3v) is 10.5. The molecule has 3 heterocycles. The first kappa shape index (κ1) is 45.1. The van der Waals surface area contributed by atoms with Crippen LogP contribution in [0.15, 0.2) is 53.5 Å². The van der Waals surface area contributed by atoms with Gasteiger partial charge in [-0.15, -0.1) is 21.5 Å². The van der Waals surface area contributed by atoms with Gasteiger partial charge in [-0.1, -0.05) is 35.9 Å². The van der Waals surface area contributed by atoms with Crippen LogP contribution in [0.2, 0.25) is 5.02 Å². The molecule has 2 aromatic heterocycles. The average molecular weight is 838 g/mol. The summed E-state index contributed by atoms with van der Waals surface area (Å²) in [5.74, 6) is 0.962. The molecule has 0 spiro atoms. The molecule has 0 unspecified atom stereocenters. The minimum absolute atomic E-state index is 0.102. The predicted molar refractivity (Wildman–Crippen MR) is 226 cm³/mol. The van der Waals surface area contributed by atoms with Crippen molar-refractivity contribution in [2.24, 2.45) is 4.99 Å². The summed E-state index contributed by atoms with van der Waals surface area (Å²) in [6.07, 6.45) is 2.04. The topological polar surface area (TPSA) is 145 Å². The molecule has 2 aromatic carbocycles. The number of aromatic nitrogens is 3. The molecule has 314 valence electrons. The zero-order valence-corrected chi connectivity index (χ0v) is 36.0. The number of hydrogen-bond acceptors (Lipinski definition) is 12. The highest BCUT2D eigenvalue weighted by Crippen LogP contribution is 2.39. The van der Waals surface area contributed by atoms with Crippen LogP contribution < -0.4 is 5.32 Å². The lowest BCUT2D eigenvalue weighted by molar-refractivity contribution is -0.156. The lowest BCUT2D eigenvalue weighted by Crippen LogP contribution is -2.24. The monoisotopic (exact) mass is 837 g/mol. The number of nitrogens with one attached hydrogen (secondary N) is 1. The quantitative estimate of drug-likeness (QED) is 0.0587. The number of fused-ring (bicyclic) bond motifs is 3.